The van der Waals surface area contributed by atoms with E-state index < -0.39 is 0 Å². The van der Waals surface area contributed by atoms with Gasteiger partial charge in [0.05, 0.1) is 0 Å². The van der Waals surface area contributed by atoms with Crippen molar-refractivity contribution < 1.29 is 0 Å². The van der Waals surface area contributed by atoms with Gasteiger partial charge in [-0.05, 0) is 55.8 Å². The second kappa shape index (κ2) is 4.89. The monoisotopic (exact) mass is 208 g/mol. The van der Waals surface area contributed by atoms with Crippen molar-refractivity contribution in [1.82, 2.24) is 0 Å². The lowest BCUT2D eigenvalue weighted by atomic mass is 9.65. The van der Waals surface area contributed by atoms with E-state index >= 15 is 0 Å². The summed E-state index contributed by atoms with van der Waals surface area (Å²) >= 11 is 0. The van der Waals surface area contributed by atoms with Gasteiger partial charge in [-0.2, -0.15) is 0 Å². The molecule has 2 saturated carbocycles. The minimum atomic E-state index is 0.807. The molecule has 0 atom stereocenters. The van der Waals surface area contributed by atoms with Crippen LogP contribution in [0.4, 0.5) is 0 Å². The van der Waals surface area contributed by atoms with Crippen molar-refractivity contribution in [2.75, 3.05) is 0 Å². The van der Waals surface area contributed by atoms with Crippen LogP contribution in [0.2, 0.25) is 0 Å². The molecule has 0 N–H and O–H groups in total. The summed E-state index contributed by atoms with van der Waals surface area (Å²) in [5.74, 6) is 1.96. The highest BCUT2D eigenvalue weighted by Gasteiger charge is 2.35. The molecule has 0 aliphatic heterocycles. The fourth-order valence-electron chi connectivity index (χ4n) is 3.90. The van der Waals surface area contributed by atoms with Gasteiger partial charge in [0.1, 0.15) is 0 Å². The Bertz CT molecular complexity index is 174. The second-order valence-corrected chi connectivity index (χ2v) is 6.50. The molecule has 2 fully saturated rings. The van der Waals surface area contributed by atoms with E-state index in [-0.39, 0.29) is 0 Å². The topological polar surface area (TPSA) is 0 Å². The summed E-state index contributed by atoms with van der Waals surface area (Å²) < 4.78 is 0. The summed E-state index contributed by atoms with van der Waals surface area (Å²) in [5.41, 5.74) is 0.807. The van der Waals surface area contributed by atoms with Crippen LogP contribution < -0.4 is 0 Å². The third kappa shape index (κ3) is 2.77. The molecule has 0 aromatic rings. The first-order valence-corrected chi connectivity index (χ1v) is 7.22. The standard InChI is InChI=1S/C15H28/c1-13(2)14-7-11-15(12-8-14)9-5-3-4-6-10-15/h13-14H,3-12H2,1-2H3. The minimum absolute atomic E-state index is 0.807. The van der Waals surface area contributed by atoms with Crippen LogP contribution in [0.15, 0.2) is 0 Å². The van der Waals surface area contributed by atoms with Gasteiger partial charge in [-0.1, -0.05) is 39.5 Å². The maximum atomic E-state index is 2.41. The van der Waals surface area contributed by atoms with Crippen molar-refractivity contribution >= 4 is 0 Å². The summed E-state index contributed by atoms with van der Waals surface area (Å²) in [6.07, 6.45) is 15.3. The van der Waals surface area contributed by atoms with Crippen LogP contribution in [0.3, 0.4) is 0 Å². The molecule has 15 heavy (non-hydrogen) atoms. The lowest BCUT2D eigenvalue weighted by molar-refractivity contribution is 0.108. The Balaban J connectivity index is 1.89. The van der Waals surface area contributed by atoms with Gasteiger partial charge in [0.15, 0.2) is 0 Å². The predicted octanol–water partition coefficient (Wildman–Crippen LogP) is 5.17. The molecule has 0 unspecified atom stereocenters. The van der Waals surface area contributed by atoms with E-state index in [0.717, 1.165) is 17.3 Å². The minimum Gasteiger partial charge on any atom is -0.0625 e. The van der Waals surface area contributed by atoms with E-state index in [9.17, 15) is 0 Å². The van der Waals surface area contributed by atoms with Crippen molar-refractivity contribution in [3.63, 3.8) is 0 Å². The quantitative estimate of drug-likeness (QED) is 0.557. The molecular formula is C15H28. The SMILES string of the molecule is CC(C)C1CCC2(CCCCCC2)CC1. The van der Waals surface area contributed by atoms with Gasteiger partial charge in [-0.25, -0.2) is 0 Å². The average molecular weight is 208 g/mol. The normalized spacial score (nSPS) is 28.2. The van der Waals surface area contributed by atoms with Crippen molar-refractivity contribution in [1.29, 1.82) is 0 Å². The second-order valence-electron chi connectivity index (χ2n) is 6.50. The zero-order chi connectivity index (χ0) is 10.7. The Labute approximate surface area is 95.8 Å². The van der Waals surface area contributed by atoms with Crippen LogP contribution in [0.1, 0.15) is 78.1 Å². The van der Waals surface area contributed by atoms with Crippen LogP contribution in [0, 0.1) is 17.3 Å². The van der Waals surface area contributed by atoms with Gasteiger partial charge in [0, 0.05) is 0 Å². The molecule has 1 spiro atoms. The molecule has 0 heterocycles. The predicted molar refractivity (Wildman–Crippen MR) is 66.9 cm³/mol. The third-order valence-electron chi connectivity index (χ3n) is 5.20. The van der Waals surface area contributed by atoms with Crippen molar-refractivity contribution in [3.05, 3.63) is 0 Å². The zero-order valence-corrected chi connectivity index (χ0v) is 10.7. The maximum absolute atomic E-state index is 2.41. The molecule has 0 bridgehead atoms. The molecule has 0 aromatic carbocycles. The Hall–Kier alpha value is 0. The Kier molecular flexibility index (Phi) is 3.74. The Morgan fingerprint density at radius 2 is 1.33 bits per heavy atom. The summed E-state index contributed by atoms with van der Waals surface area (Å²) in [5, 5.41) is 0. The van der Waals surface area contributed by atoms with E-state index in [4.69, 9.17) is 0 Å². The number of hydrogen-bond acceptors (Lipinski definition) is 0. The lowest BCUT2D eigenvalue weighted by Crippen LogP contribution is -2.28. The maximum Gasteiger partial charge on any atom is -0.0297 e. The smallest absolute Gasteiger partial charge is 0.0297 e. The van der Waals surface area contributed by atoms with Crippen molar-refractivity contribution in [3.8, 4) is 0 Å². The summed E-state index contributed by atoms with van der Waals surface area (Å²) in [6, 6.07) is 0. The molecule has 0 radical (unpaired) electrons. The van der Waals surface area contributed by atoms with Crippen LogP contribution >= 0.6 is 0 Å². The van der Waals surface area contributed by atoms with Gasteiger partial charge < -0.3 is 0 Å². The molecule has 0 amide bonds. The largest absolute Gasteiger partial charge is 0.0625 e. The first-order valence-electron chi connectivity index (χ1n) is 7.22. The molecule has 88 valence electrons. The van der Waals surface area contributed by atoms with Gasteiger partial charge in [-0.15, -0.1) is 0 Å². The van der Waals surface area contributed by atoms with E-state index in [1.165, 1.54) is 38.5 Å². The van der Waals surface area contributed by atoms with E-state index in [1.807, 2.05) is 0 Å². The molecular weight excluding hydrogens is 180 g/mol. The number of rotatable bonds is 1. The molecule has 2 aliphatic carbocycles. The number of hydrogen-bond donors (Lipinski definition) is 0. The average Bonchev–Trinajstić information content (AvgIpc) is 2.45. The highest BCUT2D eigenvalue weighted by Crippen LogP contribution is 2.49. The molecule has 0 heteroatoms. The first kappa shape index (κ1) is 11.5. The van der Waals surface area contributed by atoms with E-state index in [1.54, 1.807) is 25.7 Å². The fourth-order valence-corrected chi connectivity index (χ4v) is 3.90. The molecule has 2 rings (SSSR count). The van der Waals surface area contributed by atoms with Gasteiger partial charge in [0.2, 0.25) is 0 Å². The van der Waals surface area contributed by atoms with E-state index in [2.05, 4.69) is 13.8 Å². The fraction of sp³-hybridized carbons (Fsp3) is 1.00. The summed E-state index contributed by atoms with van der Waals surface area (Å²) in [4.78, 5) is 0. The van der Waals surface area contributed by atoms with Gasteiger partial charge >= 0.3 is 0 Å². The van der Waals surface area contributed by atoms with Gasteiger partial charge in [0.25, 0.3) is 0 Å². The zero-order valence-electron chi connectivity index (χ0n) is 10.7. The first-order chi connectivity index (χ1) is 7.22. The van der Waals surface area contributed by atoms with Crippen LogP contribution in [-0.4, -0.2) is 0 Å². The Morgan fingerprint density at radius 3 is 1.80 bits per heavy atom. The summed E-state index contributed by atoms with van der Waals surface area (Å²) in [7, 11) is 0. The lowest BCUT2D eigenvalue weighted by Gasteiger charge is -2.41. The summed E-state index contributed by atoms with van der Waals surface area (Å²) in [6.45, 7) is 4.82. The van der Waals surface area contributed by atoms with Crippen molar-refractivity contribution in [2.45, 2.75) is 78.1 Å². The third-order valence-corrected chi connectivity index (χ3v) is 5.20. The highest BCUT2D eigenvalue weighted by molar-refractivity contribution is 4.87. The Morgan fingerprint density at radius 1 is 0.800 bits per heavy atom. The van der Waals surface area contributed by atoms with E-state index in [0.29, 0.717) is 0 Å². The highest BCUT2D eigenvalue weighted by atomic mass is 14.4. The van der Waals surface area contributed by atoms with Gasteiger partial charge in [-0.3, -0.25) is 0 Å². The molecule has 0 aromatic heterocycles. The van der Waals surface area contributed by atoms with Crippen molar-refractivity contribution in [2.24, 2.45) is 17.3 Å². The van der Waals surface area contributed by atoms with Crippen LogP contribution in [0.5, 0.6) is 0 Å². The molecule has 2 aliphatic rings. The van der Waals surface area contributed by atoms with Crippen LogP contribution in [0.25, 0.3) is 0 Å². The molecule has 0 nitrogen and oxygen atoms in total. The molecule has 0 saturated heterocycles. The van der Waals surface area contributed by atoms with Crippen LogP contribution in [-0.2, 0) is 0 Å².